The minimum absolute atomic E-state index is 0.259. The van der Waals surface area contributed by atoms with E-state index in [0.717, 1.165) is 16.2 Å². The number of carbonyl (C=O) groups excluding carboxylic acids is 3. The zero-order valence-corrected chi connectivity index (χ0v) is 19.3. The first-order valence-corrected chi connectivity index (χ1v) is 11.3. The van der Waals surface area contributed by atoms with Gasteiger partial charge >= 0.3 is 5.97 Å². The number of benzene rings is 3. The zero-order valence-electron chi connectivity index (χ0n) is 19.3. The highest BCUT2D eigenvalue weighted by molar-refractivity contribution is 6.24. The summed E-state index contributed by atoms with van der Waals surface area (Å²) in [7, 11) is 1.59. The van der Waals surface area contributed by atoms with Gasteiger partial charge in [-0.15, -0.1) is 0 Å². The molecule has 8 nitrogen and oxygen atoms in total. The lowest BCUT2D eigenvalue weighted by molar-refractivity contribution is -0.126. The number of fused-ring (bicyclic) bond motifs is 1. The molecule has 2 aliphatic heterocycles. The first-order valence-electron chi connectivity index (χ1n) is 11.3. The fraction of sp³-hybridized carbons (Fsp3) is 0.222. The number of hydrogen-bond donors (Lipinski definition) is 0. The van der Waals surface area contributed by atoms with Gasteiger partial charge in [0.2, 0.25) is 5.91 Å². The number of methoxy groups -OCH3 is 1. The number of ether oxygens (including phenoxy) is 2. The second-order valence-electron chi connectivity index (χ2n) is 8.21. The number of imide groups is 1. The molecule has 35 heavy (non-hydrogen) atoms. The number of nitrogens with zero attached hydrogens (tertiary/aromatic N) is 2. The molecule has 0 aromatic heterocycles. The van der Waals surface area contributed by atoms with Gasteiger partial charge in [0.15, 0.2) is 6.10 Å². The number of amides is 2. The van der Waals surface area contributed by atoms with Crippen LogP contribution in [0.25, 0.3) is 0 Å². The third kappa shape index (κ3) is 3.91. The molecule has 2 aliphatic rings. The molecule has 0 radical (unpaired) electrons. The molecule has 3 aromatic carbocycles. The number of esters is 1. The summed E-state index contributed by atoms with van der Waals surface area (Å²) in [6.07, 6.45) is -0.973. The predicted octanol–water partition coefficient (Wildman–Crippen LogP) is 3.92. The maximum Gasteiger partial charge on any atom is 0.338 e. The minimum Gasteiger partial charge on any atom is -0.497 e. The number of para-hydroxylation sites is 1. The summed E-state index contributed by atoms with van der Waals surface area (Å²) in [6, 6.07) is 22.5. The van der Waals surface area contributed by atoms with E-state index in [2.05, 4.69) is 0 Å². The summed E-state index contributed by atoms with van der Waals surface area (Å²) in [5, 5.41) is 1.65. The van der Waals surface area contributed by atoms with Gasteiger partial charge in [0.1, 0.15) is 11.7 Å². The van der Waals surface area contributed by atoms with E-state index in [4.69, 9.17) is 14.3 Å². The quantitative estimate of drug-likeness (QED) is 0.397. The largest absolute Gasteiger partial charge is 0.497 e. The third-order valence-electron chi connectivity index (χ3n) is 6.22. The van der Waals surface area contributed by atoms with Crippen molar-refractivity contribution in [2.24, 2.45) is 5.92 Å². The van der Waals surface area contributed by atoms with E-state index in [-0.39, 0.29) is 12.5 Å². The van der Waals surface area contributed by atoms with Crippen molar-refractivity contribution in [1.82, 2.24) is 0 Å². The van der Waals surface area contributed by atoms with Crippen molar-refractivity contribution in [2.45, 2.75) is 19.1 Å². The predicted molar refractivity (Wildman–Crippen MR) is 128 cm³/mol. The summed E-state index contributed by atoms with van der Waals surface area (Å²) in [5.41, 5.74) is 2.29. The molecule has 0 unspecified atom stereocenters. The number of hydroxylamine groups is 1. The molecule has 3 atom stereocenters. The Kier molecular flexibility index (Phi) is 5.96. The van der Waals surface area contributed by atoms with E-state index in [1.54, 1.807) is 43.4 Å². The third-order valence-corrected chi connectivity index (χ3v) is 6.22. The Morgan fingerprint density at radius 1 is 0.886 bits per heavy atom. The van der Waals surface area contributed by atoms with Crippen molar-refractivity contribution in [2.75, 3.05) is 23.7 Å². The van der Waals surface area contributed by atoms with E-state index < -0.39 is 29.9 Å². The molecular formula is C27H24N2O6. The summed E-state index contributed by atoms with van der Waals surface area (Å²) >= 11 is 0. The molecule has 0 aliphatic carbocycles. The van der Waals surface area contributed by atoms with E-state index in [1.165, 1.54) is 0 Å². The molecule has 2 saturated heterocycles. The van der Waals surface area contributed by atoms with Crippen LogP contribution in [0.1, 0.15) is 28.9 Å². The first kappa shape index (κ1) is 22.6. The van der Waals surface area contributed by atoms with Crippen LogP contribution in [-0.4, -0.2) is 37.6 Å². The van der Waals surface area contributed by atoms with E-state index in [9.17, 15) is 14.4 Å². The maximum atomic E-state index is 13.7. The Bertz CT molecular complexity index is 1240. The lowest BCUT2D eigenvalue weighted by atomic mass is 9.90. The SMILES string of the molecule is CCOC(=O)c1ccc(N2C(=O)[C@H]3[C@H](ON(c4ccccc4)[C@H]3c3ccc(OC)cc3)C2=O)cc1. The van der Waals surface area contributed by atoms with Crippen LogP contribution in [0, 0.1) is 5.92 Å². The van der Waals surface area contributed by atoms with E-state index >= 15 is 0 Å². The molecule has 8 heteroatoms. The molecule has 3 aromatic rings. The molecule has 0 bridgehead atoms. The van der Waals surface area contributed by atoms with Crippen LogP contribution in [-0.2, 0) is 19.2 Å². The number of carbonyl (C=O) groups is 3. The van der Waals surface area contributed by atoms with Gasteiger partial charge in [-0.3, -0.25) is 14.4 Å². The second-order valence-corrected chi connectivity index (χ2v) is 8.21. The minimum atomic E-state index is -0.973. The van der Waals surface area contributed by atoms with Crippen molar-refractivity contribution in [1.29, 1.82) is 0 Å². The lowest BCUT2D eigenvalue weighted by Gasteiger charge is -2.28. The molecule has 178 valence electrons. The highest BCUT2D eigenvalue weighted by Crippen LogP contribution is 2.47. The van der Waals surface area contributed by atoms with Crippen molar-refractivity contribution in [3.63, 3.8) is 0 Å². The molecule has 0 N–H and O–H groups in total. The molecule has 0 saturated carbocycles. The molecule has 0 spiro atoms. The topological polar surface area (TPSA) is 85.4 Å². The molecule has 2 fully saturated rings. The standard InChI is InChI=1S/C27H24N2O6/c1-3-34-27(32)18-9-13-19(14-10-18)28-25(30)22-23(17-11-15-21(33-2)16-12-17)29(35-24(22)26(28)31)20-7-5-4-6-8-20/h4-16,22-24H,3H2,1-2H3/t22-,23+,24+/m1/s1. The normalized spacial score (nSPS) is 21.3. The fourth-order valence-corrected chi connectivity index (χ4v) is 4.57. The summed E-state index contributed by atoms with van der Waals surface area (Å²) < 4.78 is 10.3. The average Bonchev–Trinajstić information content (AvgIpc) is 3.40. The van der Waals surface area contributed by atoms with Crippen LogP contribution >= 0.6 is 0 Å². The molecular weight excluding hydrogens is 448 g/mol. The van der Waals surface area contributed by atoms with Gasteiger partial charge in [0.05, 0.1) is 36.7 Å². The van der Waals surface area contributed by atoms with Crippen LogP contribution < -0.4 is 14.7 Å². The van der Waals surface area contributed by atoms with E-state index in [1.807, 2.05) is 54.6 Å². The second kappa shape index (κ2) is 9.23. The summed E-state index contributed by atoms with van der Waals surface area (Å²) in [5.74, 6) is -1.33. The van der Waals surface area contributed by atoms with Gasteiger partial charge < -0.3 is 9.47 Å². The molecule has 2 heterocycles. The number of rotatable bonds is 6. The van der Waals surface area contributed by atoms with Crippen molar-refractivity contribution in [3.05, 3.63) is 90.0 Å². The van der Waals surface area contributed by atoms with Crippen molar-refractivity contribution >= 4 is 29.2 Å². The van der Waals surface area contributed by atoms with Gasteiger partial charge in [-0.1, -0.05) is 30.3 Å². The van der Waals surface area contributed by atoms with Gasteiger partial charge in [-0.25, -0.2) is 14.8 Å². The lowest BCUT2D eigenvalue weighted by Crippen LogP contribution is -2.37. The Balaban J connectivity index is 1.50. The fourth-order valence-electron chi connectivity index (χ4n) is 4.57. The Hall–Kier alpha value is -4.17. The van der Waals surface area contributed by atoms with Crippen LogP contribution in [0.2, 0.25) is 0 Å². The van der Waals surface area contributed by atoms with Crippen LogP contribution in [0.3, 0.4) is 0 Å². The van der Waals surface area contributed by atoms with Gasteiger partial charge in [-0.05, 0) is 61.0 Å². The van der Waals surface area contributed by atoms with Crippen molar-refractivity contribution < 1.29 is 28.7 Å². The highest BCUT2D eigenvalue weighted by atomic mass is 16.7. The molecule has 5 rings (SSSR count). The highest BCUT2D eigenvalue weighted by Gasteiger charge is 2.60. The van der Waals surface area contributed by atoms with Crippen LogP contribution in [0.15, 0.2) is 78.9 Å². The van der Waals surface area contributed by atoms with Crippen LogP contribution in [0.4, 0.5) is 11.4 Å². The van der Waals surface area contributed by atoms with Crippen molar-refractivity contribution in [3.8, 4) is 5.75 Å². The van der Waals surface area contributed by atoms with Gasteiger partial charge in [0.25, 0.3) is 5.91 Å². The first-order chi connectivity index (χ1) is 17.0. The Labute approximate surface area is 202 Å². The smallest absolute Gasteiger partial charge is 0.338 e. The Morgan fingerprint density at radius 3 is 2.20 bits per heavy atom. The van der Waals surface area contributed by atoms with Gasteiger partial charge in [0, 0.05) is 0 Å². The maximum absolute atomic E-state index is 13.7. The number of anilines is 2. The summed E-state index contributed by atoms with van der Waals surface area (Å²) in [6.45, 7) is 1.99. The summed E-state index contributed by atoms with van der Waals surface area (Å²) in [4.78, 5) is 46.4. The zero-order chi connectivity index (χ0) is 24.5. The molecule has 2 amide bonds. The Morgan fingerprint density at radius 2 is 1.57 bits per heavy atom. The van der Waals surface area contributed by atoms with E-state index in [0.29, 0.717) is 17.0 Å². The van der Waals surface area contributed by atoms with Gasteiger partial charge in [-0.2, -0.15) is 0 Å². The number of hydrogen-bond acceptors (Lipinski definition) is 7. The average molecular weight is 472 g/mol. The monoisotopic (exact) mass is 472 g/mol. The van der Waals surface area contributed by atoms with Crippen LogP contribution in [0.5, 0.6) is 5.75 Å².